The van der Waals surface area contributed by atoms with Gasteiger partial charge in [0.1, 0.15) is 5.69 Å². The average molecular weight is 277 g/mol. The zero-order chi connectivity index (χ0) is 13.8. The van der Waals surface area contributed by atoms with Crippen LogP contribution in [0.15, 0.2) is 18.3 Å². The summed E-state index contributed by atoms with van der Waals surface area (Å²) >= 11 is 1.85. The van der Waals surface area contributed by atoms with Crippen molar-refractivity contribution in [2.24, 2.45) is 13.0 Å². The minimum Gasteiger partial charge on any atom is -0.312 e. The van der Waals surface area contributed by atoms with Gasteiger partial charge >= 0.3 is 0 Å². The number of rotatable bonds is 6. The van der Waals surface area contributed by atoms with E-state index in [0.29, 0.717) is 5.92 Å². The molecule has 4 heteroatoms. The fourth-order valence-corrected chi connectivity index (χ4v) is 3.03. The highest BCUT2D eigenvalue weighted by atomic mass is 32.1. The van der Waals surface area contributed by atoms with Gasteiger partial charge in [-0.15, -0.1) is 11.3 Å². The lowest BCUT2D eigenvalue weighted by Crippen LogP contribution is -2.19. The monoisotopic (exact) mass is 277 g/mol. The summed E-state index contributed by atoms with van der Waals surface area (Å²) in [5, 5.41) is 8.11. The van der Waals surface area contributed by atoms with Crippen molar-refractivity contribution in [2.45, 2.75) is 33.7 Å². The van der Waals surface area contributed by atoms with Crippen LogP contribution >= 0.6 is 11.3 Å². The average Bonchev–Trinajstić information content (AvgIpc) is 2.95. The van der Waals surface area contributed by atoms with E-state index >= 15 is 0 Å². The molecule has 0 aromatic carbocycles. The van der Waals surface area contributed by atoms with Crippen LogP contribution in [0.5, 0.6) is 0 Å². The minimum atomic E-state index is 0.675. The SMILES string of the molecule is CCc1ccc(-c2nn(C)cc2CNCC(C)C)s1. The first-order valence-electron chi connectivity index (χ1n) is 6.92. The standard InChI is InChI=1S/C15H23N3S/c1-5-13-6-7-14(19-13)15-12(10-18(4)17-15)9-16-8-11(2)3/h6-7,10-11,16H,5,8-9H2,1-4H3. The summed E-state index contributed by atoms with van der Waals surface area (Å²) in [6, 6.07) is 4.40. The van der Waals surface area contributed by atoms with Gasteiger partial charge in [0.05, 0.1) is 4.88 Å². The van der Waals surface area contributed by atoms with E-state index in [-0.39, 0.29) is 0 Å². The lowest BCUT2D eigenvalue weighted by molar-refractivity contribution is 0.552. The molecule has 2 aromatic heterocycles. The van der Waals surface area contributed by atoms with Gasteiger partial charge in [-0.2, -0.15) is 5.10 Å². The molecule has 19 heavy (non-hydrogen) atoms. The van der Waals surface area contributed by atoms with Crippen LogP contribution in [0, 0.1) is 5.92 Å². The predicted molar refractivity (Wildman–Crippen MR) is 82.4 cm³/mol. The number of thiophene rings is 1. The second kappa shape index (κ2) is 6.35. The summed E-state index contributed by atoms with van der Waals surface area (Å²) in [5.41, 5.74) is 2.41. The van der Waals surface area contributed by atoms with E-state index in [2.05, 4.69) is 49.5 Å². The van der Waals surface area contributed by atoms with Gasteiger partial charge in [0.2, 0.25) is 0 Å². The van der Waals surface area contributed by atoms with Crippen molar-refractivity contribution in [3.05, 3.63) is 28.8 Å². The topological polar surface area (TPSA) is 29.9 Å². The Morgan fingerprint density at radius 1 is 1.37 bits per heavy atom. The first-order valence-corrected chi connectivity index (χ1v) is 7.74. The number of hydrogen-bond donors (Lipinski definition) is 1. The molecule has 104 valence electrons. The molecule has 0 fully saturated rings. The first-order chi connectivity index (χ1) is 9.10. The summed E-state index contributed by atoms with van der Waals surface area (Å²) in [4.78, 5) is 2.69. The van der Waals surface area contributed by atoms with Crippen LogP contribution in [0.4, 0.5) is 0 Å². The Balaban J connectivity index is 2.15. The molecular weight excluding hydrogens is 254 g/mol. The maximum atomic E-state index is 4.61. The maximum Gasteiger partial charge on any atom is 0.107 e. The Bertz CT molecular complexity index is 525. The van der Waals surface area contributed by atoms with Crippen molar-refractivity contribution in [1.82, 2.24) is 15.1 Å². The van der Waals surface area contributed by atoms with Crippen molar-refractivity contribution in [1.29, 1.82) is 0 Å². The Labute approximate surface area is 119 Å². The molecule has 0 aliphatic rings. The van der Waals surface area contributed by atoms with Crippen molar-refractivity contribution in [3.8, 4) is 10.6 Å². The molecule has 0 unspecified atom stereocenters. The lowest BCUT2D eigenvalue weighted by Gasteiger charge is -2.06. The molecule has 0 spiro atoms. The third-order valence-corrected chi connectivity index (χ3v) is 4.25. The molecule has 2 heterocycles. The molecule has 0 aliphatic carbocycles. The van der Waals surface area contributed by atoms with E-state index in [9.17, 15) is 0 Å². The molecule has 1 N–H and O–H groups in total. The highest BCUT2D eigenvalue weighted by molar-refractivity contribution is 7.15. The van der Waals surface area contributed by atoms with Crippen LogP contribution in [0.1, 0.15) is 31.2 Å². The molecule has 2 rings (SSSR count). The number of nitrogens with zero attached hydrogens (tertiary/aromatic N) is 2. The van der Waals surface area contributed by atoms with Gasteiger partial charge in [-0.05, 0) is 31.0 Å². The van der Waals surface area contributed by atoms with Gasteiger partial charge in [-0.25, -0.2) is 0 Å². The first kappa shape index (κ1) is 14.3. The highest BCUT2D eigenvalue weighted by Crippen LogP contribution is 2.29. The number of aromatic nitrogens is 2. The third kappa shape index (κ3) is 3.67. The Kier molecular flexibility index (Phi) is 4.77. The quantitative estimate of drug-likeness (QED) is 0.876. The van der Waals surface area contributed by atoms with Crippen LogP contribution in [-0.2, 0) is 20.0 Å². The molecule has 0 aliphatic heterocycles. The Morgan fingerprint density at radius 3 is 2.79 bits per heavy atom. The summed E-state index contributed by atoms with van der Waals surface area (Å²) in [5.74, 6) is 0.675. The zero-order valence-electron chi connectivity index (χ0n) is 12.2. The minimum absolute atomic E-state index is 0.675. The van der Waals surface area contributed by atoms with Gasteiger partial charge < -0.3 is 5.32 Å². The third-order valence-electron chi connectivity index (χ3n) is 3.02. The fraction of sp³-hybridized carbons (Fsp3) is 0.533. The predicted octanol–water partition coefficient (Wildman–Crippen LogP) is 3.46. The molecule has 3 nitrogen and oxygen atoms in total. The molecule has 0 radical (unpaired) electrons. The van der Waals surface area contributed by atoms with E-state index in [1.54, 1.807) is 0 Å². The number of aryl methyl sites for hydroxylation is 2. The maximum absolute atomic E-state index is 4.61. The van der Waals surface area contributed by atoms with E-state index in [0.717, 1.165) is 25.2 Å². The molecule has 0 amide bonds. The summed E-state index contributed by atoms with van der Waals surface area (Å²) < 4.78 is 1.91. The van der Waals surface area contributed by atoms with Crippen LogP contribution in [0.2, 0.25) is 0 Å². The van der Waals surface area contributed by atoms with Crippen molar-refractivity contribution < 1.29 is 0 Å². The van der Waals surface area contributed by atoms with E-state index in [1.165, 1.54) is 15.3 Å². The second-order valence-corrected chi connectivity index (χ2v) is 6.49. The molecule has 0 bridgehead atoms. The number of hydrogen-bond acceptors (Lipinski definition) is 3. The Hall–Kier alpha value is -1.13. The van der Waals surface area contributed by atoms with Gasteiger partial charge in [-0.3, -0.25) is 4.68 Å². The fourth-order valence-electron chi connectivity index (χ4n) is 2.07. The van der Waals surface area contributed by atoms with E-state index < -0.39 is 0 Å². The molecular formula is C15H23N3S. The van der Waals surface area contributed by atoms with Crippen LogP contribution in [0.25, 0.3) is 10.6 Å². The highest BCUT2D eigenvalue weighted by Gasteiger charge is 2.12. The zero-order valence-corrected chi connectivity index (χ0v) is 13.0. The van der Waals surface area contributed by atoms with Crippen LogP contribution in [-0.4, -0.2) is 16.3 Å². The van der Waals surface area contributed by atoms with E-state index in [1.807, 2.05) is 23.1 Å². The van der Waals surface area contributed by atoms with Crippen molar-refractivity contribution in [3.63, 3.8) is 0 Å². The molecule has 0 saturated carbocycles. The van der Waals surface area contributed by atoms with Crippen LogP contribution in [0.3, 0.4) is 0 Å². The largest absolute Gasteiger partial charge is 0.312 e. The molecule has 0 atom stereocenters. The van der Waals surface area contributed by atoms with Gasteiger partial charge in [0.15, 0.2) is 0 Å². The summed E-state index contributed by atoms with van der Waals surface area (Å²) in [6.45, 7) is 8.58. The molecule has 2 aromatic rings. The normalized spacial score (nSPS) is 11.4. The second-order valence-electron chi connectivity index (χ2n) is 5.32. The summed E-state index contributed by atoms with van der Waals surface area (Å²) in [7, 11) is 1.99. The summed E-state index contributed by atoms with van der Waals surface area (Å²) in [6.07, 6.45) is 3.21. The Morgan fingerprint density at radius 2 is 2.16 bits per heavy atom. The lowest BCUT2D eigenvalue weighted by atomic mass is 10.2. The van der Waals surface area contributed by atoms with Gasteiger partial charge in [0, 0.05) is 30.2 Å². The van der Waals surface area contributed by atoms with Crippen LogP contribution < -0.4 is 5.32 Å². The van der Waals surface area contributed by atoms with Gasteiger partial charge in [0.25, 0.3) is 0 Å². The van der Waals surface area contributed by atoms with E-state index in [4.69, 9.17) is 0 Å². The number of nitrogens with one attached hydrogen (secondary N) is 1. The van der Waals surface area contributed by atoms with Gasteiger partial charge in [-0.1, -0.05) is 20.8 Å². The van der Waals surface area contributed by atoms with Crippen molar-refractivity contribution in [2.75, 3.05) is 6.54 Å². The molecule has 0 saturated heterocycles. The smallest absolute Gasteiger partial charge is 0.107 e. The van der Waals surface area contributed by atoms with Crippen molar-refractivity contribution >= 4 is 11.3 Å².